The molecule has 18 heavy (non-hydrogen) atoms. The lowest BCUT2D eigenvalue weighted by molar-refractivity contribution is 0.414. The summed E-state index contributed by atoms with van der Waals surface area (Å²) in [5.41, 5.74) is 2.36. The Kier molecular flexibility index (Phi) is 3.02. The Morgan fingerprint density at radius 2 is 2.17 bits per heavy atom. The molecular formula is C14H17N3O. The number of rotatable bonds is 3. The SMILES string of the molecule is COc1ccc(-n2cncc2C2CCCN2)cc1. The fourth-order valence-corrected chi connectivity index (χ4v) is 2.46. The lowest BCUT2D eigenvalue weighted by Crippen LogP contribution is -2.16. The molecule has 1 unspecified atom stereocenters. The lowest BCUT2D eigenvalue weighted by Gasteiger charge is -2.14. The number of benzene rings is 1. The Balaban J connectivity index is 1.93. The van der Waals surface area contributed by atoms with E-state index in [1.165, 1.54) is 18.5 Å². The minimum atomic E-state index is 0.426. The number of nitrogens with one attached hydrogen (secondary N) is 1. The van der Waals surface area contributed by atoms with E-state index in [4.69, 9.17) is 4.74 Å². The summed E-state index contributed by atoms with van der Waals surface area (Å²) in [7, 11) is 1.68. The second kappa shape index (κ2) is 4.82. The summed E-state index contributed by atoms with van der Waals surface area (Å²) < 4.78 is 7.32. The number of aromatic nitrogens is 2. The van der Waals surface area contributed by atoms with Crippen LogP contribution >= 0.6 is 0 Å². The Bertz CT molecular complexity index is 512. The highest BCUT2D eigenvalue weighted by molar-refractivity contribution is 5.39. The molecule has 2 heterocycles. The minimum absolute atomic E-state index is 0.426. The fourth-order valence-electron chi connectivity index (χ4n) is 2.46. The molecule has 0 bridgehead atoms. The average Bonchev–Trinajstić information content (AvgIpc) is 3.09. The summed E-state index contributed by atoms with van der Waals surface area (Å²) in [5, 5.41) is 3.51. The van der Waals surface area contributed by atoms with Gasteiger partial charge in [0.05, 0.1) is 25.3 Å². The number of hydrogen-bond donors (Lipinski definition) is 1. The molecule has 0 saturated carbocycles. The van der Waals surface area contributed by atoms with Crippen molar-refractivity contribution in [1.29, 1.82) is 0 Å². The summed E-state index contributed by atoms with van der Waals surface area (Å²) in [6.45, 7) is 1.10. The first-order chi connectivity index (χ1) is 8.88. The molecular weight excluding hydrogens is 226 g/mol. The molecule has 3 rings (SSSR count). The van der Waals surface area contributed by atoms with Crippen molar-refractivity contribution in [2.75, 3.05) is 13.7 Å². The molecule has 0 aliphatic carbocycles. The van der Waals surface area contributed by atoms with Crippen molar-refractivity contribution < 1.29 is 4.74 Å². The van der Waals surface area contributed by atoms with Crippen molar-refractivity contribution in [2.24, 2.45) is 0 Å². The van der Waals surface area contributed by atoms with Crippen molar-refractivity contribution in [3.8, 4) is 11.4 Å². The van der Waals surface area contributed by atoms with E-state index in [-0.39, 0.29) is 0 Å². The number of imidazole rings is 1. The lowest BCUT2D eigenvalue weighted by atomic mass is 10.1. The monoisotopic (exact) mass is 243 g/mol. The van der Waals surface area contributed by atoms with Crippen molar-refractivity contribution >= 4 is 0 Å². The van der Waals surface area contributed by atoms with Gasteiger partial charge in [0.1, 0.15) is 5.75 Å². The number of nitrogens with zero attached hydrogens (tertiary/aromatic N) is 2. The highest BCUT2D eigenvalue weighted by atomic mass is 16.5. The number of hydrogen-bond acceptors (Lipinski definition) is 3. The Morgan fingerprint density at radius 1 is 1.33 bits per heavy atom. The summed E-state index contributed by atoms with van der Waals surface area (Å²) in [5.74, 6) is 0.874. The van der Waals surface area contributed by atoms with Crippen LogP contribution in [0.5, 0.6) is 5.75 Å². The van der Waals surface area contributed by atoms with Crippen LogP contribution in [0.2, 0.25) is 0 Å². The smallest absolute Gasteiger partial charge is 0.119 e. The van der Waals surface area contributed by atoms with Gasteiger partial charge in [-0.25, -0.2) is 4.98 Å². The molecule has 4 nitrogen and oxygen atoms in total. The molecule has 1 atom stereocenters. The maximum atomic E-state index is 5.18. The van der Waals surface area contributed by atoms with E-state index in [1.54, 1.807) is 7.11 Å². The molecule has 1 aromatic heterocycles. The topological polar surface area (TPSA) is 39.1 Å². The third kappa shape index (κ3) is 1.99. The zero-order valence-electron chi connectivity index (χ0n) is 10.5. The second-order valence-electron chi connectivity index (χ2n) is 4.54. The van der Waals surface area contributed by atoms with Crippen LogP contribution in [0.25, 0.3) is 5.69 Å². The molecule has 1 aliphatic rings. The van der Waals surface area contributed by atoms with E-state index >= 15 is 0 Å². The first-order valence-corrected chi connectivity index (χ1v) is 6.28. The van der Waals surface area contributed by atoms with Gasteiger partial charge in [-0.05, 0) is 43.7 Å². The summed E-state index contributed by atoms with van der Waals surface area (Å²) in [4.78, 5) is 4.28. The van der Waals surface area contributed by atoms with Crippen LogP contribution in [-0.2, 0) is 0 Å². The maximum absolute atomic E-state index is 5.18. The van der Waals surface area contributed by atoms with Gasteiger partial charge in [0, 0.05) is 11.7 Å². The van der Waals surface area contributed by atoms with Crippen molar-refractivity contribution in [3.63, 3.8) is 0 Å². The molecule has 1 saturated heterocycles. The molecule has 94 valence electrons. The first-order valence-electron chi connectivity index (χ1n) is 6.28. The quantitative estimate of drug-likeness (QED) is 0.899. The van der Waals surface area contributed by atoms with Gasteiger partial charge >= 0.3 is 0 Å². The van der Waals surface area contributed by atoms with Gasteiger partial charge in [0.2, 0.25) is 0 Å². The summed E-state index contributed by atoms with van der Waals surface area (Å²) in [6, 6.07) is 8.48. The molecule has 2 aromatic rings. The van der Waals surface area contributed by atoms with Gasteiger partial charge in [-0.2, -0.15) is 0 Å². The predicted octanol–water partition coefficient (Wildman–Crippen LogP) is 2.31. The largest absolute Gasteiger partial charge is 0.497 e. The van der Waals surface area contributed by atoms with Crippen LogP contribution in [-0.4, -0.2) is 23.2 Å². The molecule has 1 aliphatic heterocycles. The van der Waals surface area contributed by atoms with E-state index < -0.39 is 0 Å². The van der Waals surface area contributed by atoms with Crippen LogP contribution in [0.4, 0.5) is 0 Å². The van der Waals surface area contributed by atoms with Crippen molar-refractivity contribution in [1.82, 2.24) is 14.9 Å². The zero-order chi connectivity index (χ0) is 12.4. The first kappa shape index (κ1) is 11.3. The van der Waals surface area contributed by atoms with Crippen LogP contribution in [0.3, 0.4) is 0 Å². The number of methoxy groups -OCH3 is 1. The predicted molar refractivity (Wildman–Crippen MR) is 70.1 cm³/mol. The molecule has 0 amide bonds. The third-order valence-corrected chi connectivity index (χ3v) is 3.44. The van der Waals surface area contributed by atoms with Gasteiger partial charge in [0.15, 0.2) is 0 Å². The van der Waals surface area contributed by atoms with Crippen LogP contribution in [0.15, 0.2) is 36.8 Å². The molecule has 1 fully saturated rings. The summed E-state index contributed by atoms with van der Waals surface area (Å²) in [6.07, 6.45) is 6.24. The molecule has 1 aromatic carbocycles. The van der Waals surface area contributed by atoms with Gasteiger partial charge in [-0.3, -0.25) is 0 Å². The zero-order valence-corrected chi connectivity index (χ0v) is 10.5. The van der Waals surface area contributed by atoms with Gasteiger partial charge in [0.25, 0.3) is 0 Å². The highest BCUT2D eigenvalue weighted by Crippen LogP contribution is 2.25. The van der Waals surface area contributed by atoms with Gasteiger partial charge in [-0.15, -0.1) is 0 Å². The Morgan fingerprint density at radius 3 is 2.83 bits per heavy atom. The Hall–Kier alpha value is -1.81. The van der Waals surface area contributed by atoms with Gasteiger partial charge in [-0.1, -0.05) is 0 Å². The van der Waals surface area contributed by atoms with E-state index in [0.717, 1.165) is 18.0 Å². The van der Waals surface area contributed by atoms with E-state index in [0.29, 0.717) is 6.04 Å². The fraction of sp³-hybridized carbons (Fsp3) is 0.357. The normalized spacial score (nSPS) is 19.1. The van der Waals surface area contributed by atoms with Crippen LogP contribution in [0.1, 0.15) is 24.6 Å². The van der Waals surface area contributed by atoms with E-state index in [2.05, 4.69) is 27.0 Å². The Labute approximate surface area is 107 Å². The molecule has 0 spiro atoms. The maximum Gasteiger partial charge on any atom is 0.119 e. The van der Waals surface area contributed by atoms with Crippen molar-refractivity contribution in [2.45, 2.75) is 18.9 Å². The van der Waals surface area contributed by atoms with E-state index in [9.17, 15) is 0 Å². The summed E-state index contributed by atoms with van der Waals surface area (Å²) >= 11 is 0. The standard InChI is InChI=1S/C14H17N3O/c1-18-12-6-4-11(5-7-12)17-10-15-9-14(17)13-3-2-8-16-13/h4-7,9-10,13,16H,2-3,8H2,1H3. The minimum Gasteiger partial charge on any atom is -0.497 e. The number of ether oxygens (including phenoxy) is 1. The third-order valence-electron chi connectivity index (χ3n) is 3.44. The molecule has 4 heteroatoms. The highest BCUT2D eigenvalue weighted by Gasteiger charge is 2.20. The van der Waals surface area contributed by atoms with Crippen LogP contribution < -0.4 is 10.1 Å². The molecule has 0 radical (unpaired) electrons. The van der Waals surface area contributed by atoms with Crippen LogP contribution in [0, 0.1) is 0 Å². The molecule has 1 N–H and O–H groups in total. The van der Waals surface area contributed by atoms with Gasteiger partial charge < -0.3 is 14.6 Å². The second-order valence-corrected chi connectivity index (χ2v) is 4.54. The van der Waals surface area contributed by atoms with Crippen molar-refractivity contribution in [3.05, 3.63) is 42.5 Å². The van der Waals surface area contributed by atoms with E-state index in [1.807, 2.05) is 24.7 Å². The average molecular weight is 243 g/mol.